The lowest BCUT2D eigenvalue weighted by atomic mass is 10.1. The topological polar surface area (TPSA) is 24.7 Å². The Labute approximate surface area is 73.0 Å². The summed E-state index contributed by atoms with van der Waals surface area (Å²) in [7, 11) is 0. The van der Waals surface area contributed by atoms with Crippen LogP contribution in [0.15, 0.2) is 9.63 Å². The van der Waals surface area contributed by atoms with Crippen LogP contribution in [-0.2, 0) is 0 Å². The van der Waals surface area contributed by atoms with Crippen molar-refractivity contribution >= 4 is 11.9 Å². The Balaban J connectivity index is 2.11. The maximum atomic E-state index is 4.06. The van der Waals surface area contributed by atoms with Gasteiger partial charge in [0.25, 0.3) is 0 Å². The molecule has 0 aromatic rings. The molecule has 3 heteroatoms. The van der Waals surface area contributed by atoms with E-state index < -0.39 is 0 Å². The third-order valence-corrected chi connectivity index (χ3v) is 2.56. The van der Waals surface area contributed by atoms with Crippen molar-refractivity contribution < 1.29 is 0 Å². The van der Waals surface area contributed by atoms with Gasteiger partial charge in [-0.05, 0) is 24.8 Å². The molecular formula is C8H16N2S. The first kappa shape index (κ1) is 9.04. The maximum absolute atomic E-state index is 4.06. The molecular weight excluding hydrogens is 156 g/mol. The molecule has 0 saturated carbocycles. The Kier molecular flexibility index (Phi) is 5.46. The van der Waals surface area contributed by atoms with Crippen LogP contribution in [0.1, 0.15) is 38.5 Å². The second-order valence-corrected chi connectivity index (χ2v) is 3.73. The lowest BCUT2D eigenvalue weighted by molar-refractivity contribution is 0.613. The van der Waals surface area contributed by atoms with Crippen LogP contribution < -0.4 is 0 Å². The molecule has 1 aliphatic rings. The third kappa shape index (κ3) is 5.24. The van der Waals surface area contributed by atoms with E-state index in [1.165, 1.54) is 38.5 Å². The molecule has 1 aliphatic heterocycles. The van der Waals surface area contributed by atoms with Gasteiger partial charge in [-0.15, -0.1) is 4.52 Å². The van der Waals surface area contributed by atoms with Crippen LogP contribution in [0.5, 0.6) is 0 Å². The second-order valence-electron chi connectivity index (χ2n) is 2.90. The first-order valence-corrected chi connectivity index (χ1v) is 5.43. The highest BCUT2D eigenvalue weighted by Gasteiger charge is 1.93. The maximum Gasteiger partial charge on any atom is 0.0609 e. The summed E-state index contributed by atoms with van der Waals surface area (Å²) in [6, 6.07) is 0. The predicted octanol–water partition coefficient (Wildman–Crippen LogP) is 3.44. The lowest BCUT2D eigenvalue weighted by Crippen LogP contribution is -1.81. The fraction of sp³-hybridized carbons (Fsp3) is 1.00. The van der Waals surface area contributed by atoms with Gasteiger partial charge >= 0.3 is 0 Å². The van der Waals surface area contributed by atoms with Gasteiger partial charge in [-0.3, -0.25) is 0 Å². The molecule has 64 valence electrons. The van der Waals surface area contributed by atoms with Crippen LogP contribution in [0, 0.1) is 0 Å². The molecule has 0 radical (unpaired) electrons. The highest BCUT2D eigenvalue weighted by atomic mass is 32.2. The summed E-state index contributed by atoms with van der Waals surface area (Å²) in [6.07, 6.45) is 8.04. The average molecular weight is 172 g/mol. The first-order valence-electron chi connectivity index (χ1n) is 4.49. The Hall–Kier alpha value is -0.0500. The normalized spacial score (nSPS) is 22.5. The van der Waals surface area contributed by atoms with Gasteiger partial charge in [-0.1, -0.05) is 25.7 Å². The molecule has 1 heterocycles. The fourth-order valence-corrected chi connectivity index (χ4v) is 1.76. The summed E-state index contributed by atoms with van der Waals surface area (Å²) < 4.78 is 4.02. The number of hydrogen-bond donors (Lipinski definition) is 0. The number of nitrogens with zero attached hydrogens (tertiary/aromatic N) is 2. The molecule has 0 aromatic heterocycles. The van der Waals surface area contributed by atoms with Crippen molar-refractivity contribution in [2.75, 3.05) is 12.3 Å². The van der Waals surface area contributed by atoms with Crippen LogP contribution in [0.4, 0.5) is 0 Å². The number of rotatable bonds is 0. The van der Waals surface area contributed by atoms with Gasteiger partial charge in [-0.2, -0.15) is 5.11 Å². The van der Waals surface area contributed by atoms with Crippen molar-refractivity contribution in [2.45, 2.75) is 38.5 Å². The molecule has 11 heavy (non-hydrogen) atoms. The van der Waals surface area contributed by atoms with Gasteiger partial charge in [0.1, 0.15) is 0 Å². The minimum atomic E-state index is 0.938. The van der Waals surface area contributed by atoms with Crippen molar-refractivity contribution in [3.05, 3.63) is 0 Å². The van der Waals surface area contributed by atoms with Crippen molar-refractivity contribution in [3.63, 3.8) is 0 Å². The van der Waals surface area contributed by atoms with Gasteiger partial charge in [0.2, 0.25) is 0 Å². The van der Waals surface area contributed by atoms with E-state index in [0.29, 0.717) is 0 Å². The zero-order valence-electron chi connectivity index (χ0n) is 6.96. The van der Waals surface area contributed by atoms with E-state index in [2.05, 4.69) is 9.63 Å². The van der Waals surface area contributed by atoms with E-state index in [4.69, 9.17) is 0 Å². The summed E-state index contributed by atoms with van der Waals surface area (Å²) in [4.78, 5) is 0. The van der Waals surface area contributed by atoms with Crippen LogP contribution >= 0.6 is 11.9 Å². The molecule has 1 rings (SSSR count). The SMILES string of the molecule is C1CCCCSN=NCCC1. The molecule has 0 amide bonds. The smallest absolute Gasteiger partial charge is 0.0609 e. The fourth-order valence-electron chi connectivity index (χ4n) is 1.18. The zero-order chi connectivity index (χ0) is 7.78. The molecule has 0 N–H and O–H groups in total. The van der Waals surface area contributed by atoms with E-state index in [0.717, 1.165) is 12.3 Å². The van der Waals surface area contributed by atoms with Crippen molar-refractivity contribution in [3.8, 4) is 0 Å². The van der Waals surface area contributed by atoms with Crippen molar-refractivity contribution in [1.82, 2.24) is 0 Å². The quantitative estimate of drug-likeness (QED) is 0.514. The standard InChI is InChI=1S/C8H16N2S/c1-2-4-6-8-11-10-9-7-5-3-1/h1-8H2. The molecule has 0 spiro atoms. The third-order valence-electron chi connectivity index (χ3n) is 1.86. The Morgan fingerprint density at radius 2 is 1.55 bits per heavy atom. The first-order chi connectivity index (χ1) is 5.50. The molecule has 2 nitrogen and oxygen atoms in total. The van der Waals surface area contributed by atoms with E-state index in [-0.39, 0.29) is 0 Å². The van der Waals surface area contributed by atoms with Crippen molar-refractivity contribution in [2.24, 2.45) is 9.63 Å². The van der Waals surface area contributed by atoms with Gasteiger partial charge < -0.3 is 0 Å². The Bertz CT molecular complexity index is 103. The summed E-state index contributed by atoms with van der Waals surface area (Å²) in [5.74, 6) is 1.16. The zero-order valence-corrected chi connectivity index (χ0v) is 7.78. The van der Waals surface area contributed by atoms with Crippen LogP contribution in [-0.4, -0.2) is 12.3 Å². The molecule has 0 aliphatic carbocycles. The van der Waals surface area contributed by atoms with Crippen LogP contribution in [0.25, 0.3) is 0 Å². The molecule has 0 saturated heterocycles. The van der Waals surface area contributed by atoms with Gasteiger partial charge in [-0.25, -0.2) is 0 Å². The van der Waals surface area contributed by atoms with Gasteiger partial charge in [0, 0.05) is 5.75 Å². The average Bonchev–Trinajstić information content (AvgIpc) is 2.08. The highest BCUT2D eigenvalue weighted by molar-refractivity contribution is 7.97. The summed E-state index contributed by atoms with van der Waals surface area (Å²) in [6.45, 7) is 0.938. The lowest BCUT2D eigenvalue weighted by Gasteiger charge is -1.96. The van der Waals surface area contributed by atoms with Gasteiger partial charge in [0.05, 0.1) is 6.54 Å². The second kappa shape index (κ2) is 6.65. The summed E-state index contributed by atoms with van der Waals surface area (Å²) in [5.41, 5.74) is 0. The molecule has 0 fully saturated rings. The molecule has 0 atom stereocenters. The van der Waals surface area contributed by atoms with Crippen LogP contribution in [0.3, 0.4) is 0 Å². The van der Waals surface area contributed by atoms with E-state index in [1.807, 2.05) is 0 Å². The summed E-state index contributed by atoms with van der Waals surface area (Å²) in [5, 5.41) is 4.06. The van der Waals surface area contributed by atoms with E-state index in [9.17, 15) is 0 Å². The molecule has 0 aromatic carbocycles. The van der Waals surface area contributed by atoms with Crippen LogP contribution in [0.2, 0.25) is 0 Å². The highest BCUT2D eigenvalue weighted by Crippen LogP contribution is 2.12. The Morgan fingerprint density at radius 3 is 2.45 bits per heavy atom. The monoisotopic (exact) mass is 172 g/mol. The molecule has 0 bridgehead atoms. The number of hydrogen-bond acceptors (Lipinski definition) is 3. The van der Waals surface area contributed by atoms with E-state index >= 15 is 0 Å². The van der Waals surface area contributed by atoms with Crippen molar-refractivity contribution in [1.29, 1.82) is 0 Å². The molecule has 0 unspecified atom stereocenters. The minimum absolute atomic E-state index is 0.938. The van der Waals surface area contributed by atoms with E-state index in [1.54, 1.807) is 11.9 Å². The largest absolute Gasteiger partial charge is 0.182 e. The van der Waals surface area contributed by atoms with Gasteiger partial charge in [0.15, 0.2) is 0 Å². The predicted molar refractivity (Wildman–Crippen MR) is 49.9 cm³/mol. The minimum Gasteiger partial charge on any atom is -0.182 e. The summed E-state index contributed by atoms with van der Waals surface area (Å²) >= 11 is 1.62. The Morgan fingerprint density at radius 1 is 0.818 bits per heavy atom.